The van der Waals surface area contributed by atoms with Crippen LogP contribution in [0.25, 0.3) is 0 Å². The van der Waals surface area contributed by atoms with Gasteiger partial charge in [0, 0.05) is 25.9 Å². The van der Waals surface area contributed by atoms with E-state index in [1.165, 1.54) is 12.1 Å². The monoisotopic (exact) mass is 315 g/mol. The molecule has 0 saturated carbocycles. The summed E-state index contributed by atoms with van der Waals surface area (Å²) in [5, 5.41) is 0. The summed E-state index contributed by atoms with van der Waals surface area (Å²) in [6, 6.07) is 5.28. The van der Waals surface area contributed by atoms with Crippen molar-refractivity contribution in [2.75, 3.05) is 19.7 Å². The smallest absolute Gasteiger partial charge is 0.327 e. The van der Waals surface area contributed by atoms with Gasteiger partial charge in [0.15, 0.2) is 0 Å². The van der Waals surface area contributed by atoms with Gasteiger partial charge in [-0.15, -0.1) is 12.4 Å². The molecule has 1 atom stereocenters. The van der Waals surface area contributed by atoms with E-state index in [1.807, 2.05) is 4.90 Å². The minimum atomic E-state index is -0.566. The number of piperidine rings is 1. The second kappa shape index (κ2) is 8.10. The molecule has 1 aromatic carbocycles. The predicted molar refractivity (Wildman–Crippen MR) is 78.8 cm³/mol. The van der Waals surface area contributed by atoms with E-state index in [1.54, 1.807) is 19.1 Å². The average molecular weight is 316 g/mol. The van der Waals surface area contributed by atoms with E-state index in [4.69, 9.17) is 4.74 Å². The molecular weight excluding hydrogens is 297 g/mol. The lowest BCUT2D eigenvalue weighted by atomic mass is 10.0. The summed E-state index contributed by atoms with van der Waals surface area (Å²) in [7, 11) is 0. The summed E-state index contributed by atoms with van der Waals surface area (Å²) in [5.74, 6) is -0.485. The molecule has 0 bridgehead atoms. The fourth-order valence-corrected chi connectivity index (χ4v) is 2.39. The van der Waals surface area contributed by atoms with E-state index >= 15 is 0 Å². The number of esters is 1. The summed E-state index contributed by atoms with van der Waals surface area (Å²) in [4.78, 5) is 25.4. The number of carbonyl (C=O) groups is 2. The van der Waals surface area contributed by atoms with Gasteiger partial charge in [-0.2, -0.15) is 0 Å². The fourth-order valence-electron chi connectivity index (χ4n) is 2.39. The first-order chi connectivity index (χ1) is 9.61. The lowest BCUT2D eigenvalue weighted by Gasteiger charge is -2.32. The van der Waals surface area contributed by atoms with E-state index in [0.717, 1.165) is 0 Å². The second-order valence-electron chi connectivity index (χ2n) is 4.78. The van der Waals surface area contributed by atoms with Crippen molar-refractivity contribution in [3.8, 4) is 0 Å². The highest BCUT2D eigenvalue weighted by atomic mass is 35.5. The Labute approximate surface area is 129 Å². The van der Waals surface area contributed by atoms with E-state index < -0.39 is 6.04 Å². The molecule has 1 aromatic rings. The number of ether oxygens (including phenoxy) is 1. The highest BCUT2D eigenvalue weighted by Crippen LogP contribution is 2.25. The van der Waals surface area contributed by atoms with Crippen LogP contribution in [0, 0.1) is 5.82 Å². The Hall–Kier alpha value is -1.46. The zero-order valence-electron chi connectivity index (χ0n) is 11.9. The van der Waals surface area contributed by atoms with Gasteiger partial charge in [-0.1, -0.05) is 12.1 Å². The topological polar surface area (TPSA) is 46.6 Å². The molecule has 0 N–H and O–H groups in total. The zero-order valence-corrected chi connectivity index (χ0v) is 12.7. The molecule has 2 rings (SSSR count). The van der Waals surface area contributed by atoms with Gasteiger partial charge in [-0.25, -0.2) is 9.18 Å². The lowest BCUT2D eigenvalue weighted by molar-refractivity contribution is -0.151. The number of ketones is 1. The number of hydrogen-bond acceptors (Lipinski definition) is 4. The van der Waals surface area contributed by atoms with Crippen LogP contribution in [0.5, 0.6) is 0 Å². The Balaban J connectivity index is 0.00000220. The van der Waals surface area contributed by atoms with E-state index in [-0.39, 0.29) is 30.0 Å². The van der Waals surface area contributed by atoms with Crippen LogP contribution in [0.2, 0.25) is 0 Å². The number of rotatable bonds is 4. The molecule has 1 saturated heterocycles. The maximum absolute atomic E-state index is 13.0. The Morgan fingerprint density at radius 3 is 2.38 bits per heavy atom. The zero-order chi connectivity index (χ0) is 14.5. The molecular formula is C15H19ClFNO3. The molecule has 1 aliphatic heterocycles. The third kappa shape index (κ3) is 4.51. The minimum Gasteiger partial charge on any atom is -0.465 e. The summed E-state index contributed by atoms with van der Waals surface area (Å²) >= 11 is 0. The third-order valence-corrected chi connectivity index (χ3v) is 3.42. The average Bonchev–Trinajstić information content (AvgIpc) is 2.44. The van der Waals surface area contributed by atoms with Gasteiger partial charge in [0.2, 0.25) is 0 Å². The molecule has 1 unspecified atom stereocenters. The third-order valence-electron chi connectivity index (χ3n) is 3.42. The second-order valence-corrected chi connectivity index (χ2v) is 4.78. The molecule has 21 heavy (non-hydrogen) atoms. The number of hydrogen-bond donors (Lipinski definition) is 0. The van der Waals surface area contributed by atoms with Crippen molar-refractivity contribution < 1.29 is 18.7 Å². The van der Waals surface area contributed by atoms with Crippen LogP contribution in [-0.2, 0) is 14.3 Å². The maximum atomic E-state index is 13.0. The lowest BCUT2D eigenvalue weighted by Crippen LogP contribution is -2.41. The van der Waals surface area contributed by atoms with E-state index in [2.05, 4.69) is 0 Å². The predicted octanol–water partition coefficient (Wildman–Crippen LogP) is 2.52. The van der Waals surface area contributed by atoms with Crippen molar-refractivity contribution in [1.82, 2.24) is 4.90 Å². The van der Waals surface area contributed by atoms with Gasteiger partial charge in [0.25, 0.3) is 0 Å². The molecule has 0 spiro atoms. The standard InChI is InChI=1S/C15H18FNO3.ClH/c1-2-20-15(19)14(11-3-5-12(16)6-4-11)17-9-7-13(18)8-10-17;/h3-6,14H,2,7-10H2,1H3;1H. The van der Waals surface area contributed by atoms with Crippen molar-refractivity contribution in [3.63, 3.8) is 0 Å². The summed E-state index contributed by atoms with van der Waals surface area (Å²) in [6.07, 6.45) is 0.883. The van der Waals surface area contributed by atoms with Crippen LogP contribution in [0.4, 0.5) is 4.39 Å². The molecule has 116 valence electrons. The largest absolute Gasteiger partial charge is 0.465 e. The van der Waals surface area contributed by atoms with Crippen LogP contribution >= 0.6 is 12.4 Å². The number of carbonyl (C=O) groups excluding carboxylic acids is 2. The Kier molecular flexibility index (Phi) is 6.78. The SMILES string of the molecule is CCOC(=O)C(c1ccc(F)cc1)N1CCC(=O)CC1.Cl. The Morgan fingerprint density at radius 2 is 1.86 bits per heavy atom. The molecule has 6 heteroatoms. The van der Waals surface area contributed by atoms with Crippen LogP contribution in [0.3, 0.4) is 0 Å². The number of nitrogens with zero attached hydrogens (tertiary/aromatic N) is 1. The van der Waals surface area contributed by atoms with Crippen LogP contribution in [0.1, 0.15) is 31.4 Å². The van der Waals surface area contributed by atoms with Gasteiger partial charge in [-0.3, -0.25) is 9.69 Å². The highest BCUT2D eigenvalue weighted by Gasteiger charge is 2.31. The summed E-state index contributed by atoms with van der Waals surface area (Å²) < 4.78 is 18.1. The molecule has 1 heterocycles. The molecule has 0 aliphatic carbocycles. The molecule has 4 nitrogen and oxygen atoms in total. The highest BCUT2D eigenvalue weighted by molar-refractivity contribution is 5.85. The maximum Gasteiger partial charge on any atom is 0.327 e. The van der Waals surface area contributed by atoms with E-state index in [9.17, 15) is 14.0 Å². The number of likely N-dealkylation sites (tertiary alicyclic amines) is 1. The van der Waals surface area contributed by atoms with Crippen molar-refractivity contribution in [2.24, 2.45) is 0 Å². The van der Waals surface area contributed by atoms with Crippen molar-refractivity contribution in [2.45, 2.75) is 25.8 Å². The molecule has 1 aliphatic rings. The minimum absolute atomic E-state index is 0. The quantitative estimate of drug-likeness (QED) is 0.801. The van der Waals surface area contributed by atoms with Gasteiger partial charge in [0.05, 0.1) is 6.61 Å². The first kappa shape index (κ1) is 17.6. The van der Waals surface area contributed by atoms with Gasteiger partial charge < -0.3 is 4.74 Å². The molecule has 0 aromatic heterocycles. The van der Waals surface area contributed by atoms with Crippen molar-refractivity contribution in [3.05, 3.63) is 35.6 Å². The normalized spacial score (nSPS) is 17.0. The van der Waals surface area contributed by atoms with Crippen LogP contribution < -0.4 is 0 Å². The first-order valence-electron chi connectivity index (χ1n) is 6.79. The summed E-state index contributed by atoms with van der Waals surface area (Å²) in [6.45, 7) is 3.10. The van der Waals surface area contributed by atoms with Gasteiger partial charge >= 0.3 is 5.97 Å². The van der Waals surface area contributed by atoms with Gasteiger partial charge in [-0.05, 0) is 24.6 Å². The number of Topliss-reactive ketones (excluding diaryl/α,β-unsaturated/α-hetero) is 1. The van der Waals surface area contributed by atoms with Gasteiger partial charge in [0.1, 0.15) is 17.6 Å². The van der Waals surface area contributed by atoms with Crippen molar-refractivity contribution >= 4 is 24.2 Å². The molecule has 0 radical (unpaired) electrons. The molecule has 0 amide bonds. The fraction of sp³-hybridized carbons (Fsp3) is 0.467. The summed E-state index contributed by atoms with van der Waals surface area (Å²) in [5.41, 5.74) is 0.694. The van der Waals surface area contributed by atoms with E-state index in [0.29, 0.717) is 38.1 Å². The number of benzene rings is 1. The number of halogens is 2. The Bertz CT molecular complexity index is 482. The molecule has 1 fully saturated rings. The van der Waals surface area contributed by atoms with Crippen LogP contribution in [-0.4, -0.2) is 36.3 Å². The van der Waals surface area contributed by atoms with Crippen molar-refractivity contribution in [1.29, 1.82) is 0 Å². The Morgan fingerprint density at radius 1 is 1.29 bits per heavy atom. The van der Waals surface area contributed by atoms with Crippen LogP contribution in [0.15, 0.2) is 24.3 Å². The first-order valence-corrected chi connectivity index (χ1v) is 6.79.